The van der Waals surface area contributed by atoms with Gasteiger partial charge in [0.2, 0.25) is 0 Å². The molecule has 0 N–H and O–H groups in total. The van der Waals surface area contributed by atoms with Crippen LogP contribution in [-0.4, -0.2) is 24.1 Å². The fraction of sp³-hybridized carbons (Fsp3) is 0.615. The first-order valence-corrected chi connectivity index (χ1v) is 17.3. The number of carbonyl (C=O) groups is 3. The Kier molecular flexibility index (Phi) is 15.2. The summed E-state index contributed by atoms with van der Waals surface area (Å²) in [5, 5.41) is 0. The van der Waals surface area contributed by atoms with Crippen LogP contribution in [-0.2, 0) is 14.9 Å². The van der Waals surface area contributed by atoms with Crippen LogP contribution in [0.4, 0.5) is 0 Å². The zero-order valence-electron chi connectivity index (χ0n) is 27.3. The molecule has 2 aromatic rings. The molecule has 1 aliphatic carbocycles. The van der Waals surface area contributed by atoms with Crippen LogP contribution in [0.2, 0.25) is 0 Å². The molecule has 4 nitrogen and oxygen atoms in total. The van der Waals surface area contributed by atoms with Crippen molar-refractivity contribution in [2.75, 3.05) is 6.61 Å². The van der Waals surface area contributed by atoms with Crippen molar-refractivity contribution in [1.82, 2.24) is 0 Å². The van der Waals surface area contributed by atoms with Gasteiger partial charge in [0.1, 0.15) is 0 Å². The Hall–Kier alpha value is -2.75. The van der Waals surface area contributed by atoms with Crippen LogP contribution in [0.5, 0.6) is 0 Å². The van der Waals surface area contributed by atoms with Crippen molar-refractivity contribution in [2.24, 2.45) is 0 Å². The van der Waals surface area contributed by atoms with Gasteiger partial charge in [-0.3, -0.25) is 14.4 Å². The zero-order valence-corrected chi connectivity index (χ0v) is 27.3. The fourth-order valence-corrected chi connectivity index (χ4v) is 6.25. The predicted octanol–water partition coefficient (Wildman–Crippen LogP) is 10.7. The van der Waals surface area contributed by atoms with E-state index in [2.05, 4.69) is 20.8 Å². The standard InChI is InChI=1S/C39H56O4/c1-4-5-6-7-8-9-10-11-12-13-14-15-16-17-18-21-29-43-36(40)25-22-28-39(2,3)31-26-27-34-35(30-31)38(42)33-24-20-19-23-32(33)37(34)41/h19-20,23-24,26-27,30H,4-18,21-22,25,28-29H2,1-3H3. The summed E-state index contributed by atoms with van der Waals surface area (Å²) in [5.41, 5.74) is 2.68. The molecule has 0 bridgehead atoms. The van der Waals surface area contributed by atoms with Crippen LogP contribution in [0.15, 0.2) is 42.5 Å². The summed E-state index contributed by atoms with van der Waals surface area (Å²) < 4.78 is 5.49. The molecule has 0 saturated carbocycles. The van der Waals surface area contributed by atoms with Crippen molar-refractivity contribution < 1.29 is 19.1 Å². The summed E-state index contributed by atoms with van der Waals surface area (Å²) in [7, 11) is 0. The number of ether oxygens (including phenoxy) is 1. The average molecular weight is 589 g/mol. The smallest absolute Gasteiger partial charge is 0.305 e. The van der Waals surface area contributed by atoms with Crippen molar-refractivity contribution in [1.29, 1.82) is 0 Å². The van der Waals surface area contributed by atoms with Gasteiger partial charge < -0.3 is 4.74 Å². The first-order chi connectivity index (χ1) is 20.8. The molecule has 236 valence electrons. The minimum atomic E-state index is -0.233. The van der Waals surface area contributed by atoms with E-state index >= 15 is 0 Å². The van der Waals surface area contributed by atoms with Crippen LogP contribution in [0.3, 0.4) is 0 Å². The number of hydrogen-bond donors (Lipinski definition) is 0. The second-order valence-corrected chi connectivity index (χ2v) is 13.2. The molecule has 0 amide bonds. The predicted molar refractivity (Wildman–Crippen MR) is 177 cm³/mol. The van der Waals surface area contributed by atoms with Crippen molar-refractivity contribution in [3.63, 3.8) is 0 Å². The second-order valence-electron chi connectivity index (χ2n) is 13.2. The molecular weight excluding hydrogens is 532 g/mol. The minimum absolute atomic E-state index is 0.0957. The van der Waals surface area contributed by atoms with Gasteiger partial charge in [-0.05, 0) is 42.4 Å². The highest BCUT2D eigenvalue weighted by atomic mass is 16.5. The van der Waals surface area contributed by atoms with Gasteiger partial charge >= 0.3 is 5.97 Å². The molecule has 0 fully saturated rings. The van der Waals surface area contributed by atoms with Gasteiger partial charge in [0.05, 0.1) is 6.61 Å². The Bertz CT molecular complexity index is 1160. The molecular formula is C39H56O4. The lowest BCUT2D eigenvalue weighted by Gasteiger charge is -2.27. The third kappa shape index (κ3) is 11.4. The third-order valence-corrected chi connectivity index (χ3v) is 9.15. The molecule has 3 rings (SSSR count). The molecule has 0 spiro atoms. The molecule has 0 saturated heterocycles. The molecule has 0 radical (unpaired) electrons. The number of rotatable bonds is 22. The highest BCUT2D eigenvalue weighted by molar-refractivity contribution is 6.28. The number of fused-ring (bicyclic) bond motifs is 2. The van der Waals surface area contributed by atoms with Crippen molar-refractivity contribution in [3.8, 4) is 0 Å². The van der Waals surface area contributed by atoms with Crippen LogP contribution >= 0.6 is 0 Å². The third-order valence-electron chi connectivity index (χ3n) is 9.15. The number of carbonyl (C=O) groups excluding carboxylic acids is 3. The Balaban J connectivity index is 1.21. The summed E-state index contributed by atoms with van der Waals surface area (Å²) in [6.45, 7) is 7.04. The number of ketones is 2. The molecule has 1 aliphatic rings. The van der Waals surface area contributed by atoms with E-state index in [1.165, 1.54) is 89.9 Å². The average Bonchev–Trinajstić information content (AvgIpc) is 3.01. The summed E-state index contributed by atoms with van der Waals surface area (Å²) >= 11 is 0. The molecule has 2 aromatic carbocycles. The van der Waals surface area contributed by atoms with E-state index < -0.39 is 0 Å². The lowest BCUT2D eigenvalue weighted by molar-refractivity contribution is -0.143. The zero-order chi connectivity index (χ0) is 30.9. The van der Waals surface area contributed by atoms with Crippen molar-refractivity contribution in [2.45, 2.75) is 148 Å². The van der Waals surface area contributed by atoms with Gasteiger partial charge in [-0.1, -0.05) is 147 Å². The van der Waals surface area contributed by atoms with Gasteiger partial charge in [-0.15, -0.1) is 0 Å². The Labute approximate surface area is 261 Å². The van der Waals surface area contributed by atoms with Gasteiger partial charge in [0.25, 0.3) is 0 Å². The molecule has 43 heavy (non-hydrogen) atoms. The number of esters is 1. The molecule has 0 atom stereocenters. The van der Waals surface area contributed by atoms with Crippen LogP contribution in [0.1, 0.15) is 180 Å². The van der Waals surface area contributed by atoms with E-state index in [0.717, 1.165) is 31.2 Å². The maximum atomic E-state index is 13.1. The molecule has 0 aromatic heterocycles. The Morgan fingerprint density at radius 2 is 1.07 bits per heavy atom. The maximum absolute atomic E-state index is 13.1. The molecule has 0 aliphatic heterocycles. The lowest BCUT2D eigenvalue weighted by Crippen LogP contribution is -2.23. The van der Waals surface area contributed by atoms with Gasteiger partial charge in [-0.25, -0.2) is 0 Å². The SMILES string of the molecule is CCCCCCCCCCCCCCCCCCOC(=O)CCCC(C)(C)c1ccc2c(c1)C(=O)c1ccccc1C2=O. The van der Waals surface area contributed by atoms with Gasteiger partial charge in [0, 0.05) is 28.7 Å². The maximum Gasteiger partial charge on any atom is 0.305 e. The van der Waals surface area contributed by atoms with Crippen LogP contribution in [0, 0.1) is 0 Å². The first-order valence-electron chi connectivity index (χ1n) is 17.3. The van der Waals surface area contributed by atoms with E-state index in [1.807, 2.05) is 12.1 Å². The number of hydrogen-bond acceptors (Lipinski definition) is 4. The highest BCUT2D eigenvalue weighted by Crippen LogP contribution is 2.34. The summed E-state index contributed by atoms with van der Waals surface area (Å²) in [5.74, 6) is -0.318. The summed E-state index contributed by atoms with van der Waals surface area (Å²) in [6, 6.07) is 12.6. The van der Waals surface area contributed by atoms with E-state index in [0.29, 0.717) is 35.3 Å². The van der Waals surface area contributed by atoms with Gasteiger partial charge in [-0.2, -0.15) is 0 Å². The quantitative estimate of drug-likeness (QED) is 0.0865. The van der Waals surface area contributed by atoms with Crippen LogP contribution < -0.4 is 0 Å². The first kappa shape index (κ1) is 34.7. The monoisotopic (exact) mass is 588 g/mol. The molecule has 0 unspecified atom stereocenters. The Morgan fingerprint density at radius 3 is 1.60 bits per heavy atom. The summed E-state index contributed by atoms with van der Waals surface area (Å²) in [6.07, 6.45) is 23.2. The molecule has 0 heterocycles. The summed E-state index contributed by atoms with van der Waals surface area (Å²) in [4.78, 5) is 38.3. The van der Waals surface area contributed by atoms with Crippen molar-refractivity contribution >= 4 is 17.5 Å². The van der Waals surface area contributed by atoms with E-state index in [-0.39, 0.29) is 23.0 Å². The largest absolute Gasteiger partial charge is 0.466 e. The van der Waals surface area contributed by atoms with E-state index in [9.17, 15) is 14.4 Å². The topological polar surface area (TPSA) is 60.4 Å². The van der Waals surface area contributed by atoms with E-state index in [1.54, 1.807) is 30.3 Å². The second kappa shape index (κ2) is 18.8. The van der Waals surface area contributed by atoms with Crippen molar-refractivity contribution in [3.05, 3.63) is 70.3 Å². The minimum Gasteiger partial charge on any atom is -0.466 e. The fourth-order valence-electron chi connectivity index (χ4n) is 6.25. The highest BCUT2D eigenvalue weighted by Gasteiger charge is 2.31. The number of benzene rings is 2. The Morgan fingerprint density at radius 1 is 0.605 bits per heavy atom. The van der Waals surface area contributed by atoms with Gasteiger partial charge in [0.15, 0.2) is 11.6 Å². The van der Waals surface area contributed by atoms with E-state index in [4.69, 9.17) is 4.74 Å². The molecule has 4 heteroatoms. The normalized spacial score (nSPS) is 12.7. The van der Waals surface area contributed by atoms with Crippen LogP contribution in [0.25, 0.3) is 0 Å². The number of unbranched alkanes of at least 4 members (excludes halogenated alkanes) is 15. The lowest BCUT2D eigenvalue weighted by atomic mass is 9.76.